The second-order valence-electron chi connectivity index (χ2n) is 8.10. The van der Waals surface area contributed by atoms with Gasteiger partial charge in [-0.1, -0.05) is 18.2 Å². The molecule has 0 spiro atoms. The minimum absolute atomic E-state index is 0.209. The highest BCUT2D eigenvalue weighted by Gasteiger charge is 2.31. The van der Waals surface area contributed by atoms with Crippen LogP contribution in [0.25, 0.3) is 5.52 Å². The number of carbonyl (C=O) groups is 2. The SMILES string of the molecule is Nc1nccn2c(C3CC3)nc(C(=O)Nc3cccc(CNC(=O)Nc4cccc(F)c4)c3)c12. The third-order valence-corrected chi connectivity index (χ3v) is 5.49. The molecule has 3 amide bonds. The smallest absolute Gasteiger partial charge is 0.319 e. The summed E-state index contributed by atoms with van der Waals surface area (Å²) in [5.74, 6) is 0.557. The second-order valence-corrected chi connectivity index (χ2v) is 8.10. The molecule has 0 aliphatic heterocycles. The van der Waals surface area contributed by atoms with Crippen molar-refractivity contribution in [3.05, 3.63) is 83.8 Å². The Morgan fingerprint density at radius 3 is 2.62 bits per heavy atom. The lowest BCUT2D eigenvalue weighted by atomic mass is 10.2. The van der Waals surface area contributed by atoms with E-state index in [4.69, 9.17) is 5.73 Å². The molecule has 9 nitrogen and oxygen atoms in total. The predicted octanol–water partition coefficient (Wildman–Crippen LogP) is 3.90. The van der Waals surface area contributed by atoms with Crippen molar-refractivity contribution in [3.63, 3.8) is 0 Å². The summed E-state index contributed by atoms with van der Waals surface area (Å²) in [4.78, 5) is 33.9. The van der Waals surface area contributed by atoms with Crippen LogP contribution in [0.5, 0.6) is 0 Å². The van der Waals surface area contributed by atoms with Crippen molar-refractivity contribution in [2.75, 3.05) is 16.4 Å². The molecule has 0 atom stereocenters. The lowest BCUT2D eigenvalue weighted by Gasteiger charge is -2.10. The van der Waals surface area contributed by atoms with Crippen molar-refractivity contribution < 1.29 is 14.0 Å². The van der Waals surface area contributed by atoms with Gasteiger partial charge in [-0.05, 0) is 48.7 Å². The van der Waals surface area contributed by atoms with Gasteiger partial charge in [0.1, 0.15) is 23.0 Å². The molecule has 0 unspecified atom stereocenters. The first kappa shape index (κ1) is 21.4. The number of nitrogens with zero attached hydrogens (tertiary/aromatic N) is 3. The van der Waals surface area contributed by atoms with Gasteiger partial charge in [-0.25, -0.2) is 19.2 Å². The van der Waals surface area contributed by atoms with E-state index < -0.39 is 17.8 Å². The number of anilines is 3. The zero-order valence-corrected chi connectivity index (χ0v) is 18.1. The number of urea groups is 1. The molecule has 1 aliphatic rings. The number of fused-ring (bicyclic) bond motifs is 1. The molecule has 172 valence electrons. The van der Waals surface area contributed by atoms with E-state index in [1.165, 1.54) is 18.2 Å². The van der Waals surface area contributed by atoms with Gasteiger partial charge in [0, 0.05) is 36.2 Å². The molecule has 0 bridgehead atoms. The monoisotopic (exact) mass is 459 g/mol. The van der Waals surface area contributed by atoms with Crippen LogP contribution >= 0.6 is 0 Å². The number of nitrogens with one attached hydrogen (secondary N) is 3. The summed E-state index contributed by atoms with van der Waals surface area (Å²) in [6, 6.07) is 12.2. The van der Waals surface area contributed by atoms with Crippen LogP contribution in [0.15, 0.2) is 60.9 Å². The molecule has 4 aromatic rings. The van der Waals surface area contributed by atoms with Gasteiger partial charge < -0.3 is 21.7 Å². The van der Waals surface area contributed by atoms with Crippen LogP contribution < -0.4 is 21.7 Å². The van der Waals surface area contributed by atoms with Gasteiger partial charge in [0.15, 0.2) is 5.69 Å². The normalized spacial score (nSPS) is 13.0. The Balaban J connectivity index is 1.27. The van der Waals surface area contributed by atoms with E-state index in [9.17, 15) is 14.0 Å². The van der Waals surface area contributed by atoms with Gasteiger partial charge in [0.05, 0.1) is 0 Å². The number of nitrogen functional groups attached to an aromatic ring is 1. The molecular weight excluding hydrogens is 437 g/mol. The standard InChI is InChI=1S/C24H22FN7O2/c25-16-4-2-6-18(12-16)30-24(34)28-13-14-3-1-5-17(11-14)29-23(33)19-20-21(26)27-9-10-32(20)22(31-19)15-7-8-15/h1-6,9-12,15H,7-8,13H2,(H2,26,27)(H,29,33)(H2,28,30,34). The maximum Gasteiger partial charge on any atom is 0.319 e. The van der Waals surface area contributed by atoms with Gasteiger partial charge in [-0.2, -0.15) is 0 Å². The highest BCUT2D eigenvalue weighted by atomic mass is 19.1. The summed E-state index contributed by atoms with van der Waals surface area (Å²) >= 11 is 0. The van der Waals surface area contributed by atoms with E-state index in [0.29, 0.717) is 22.8 Å². The first-order valence-corrected chi connectivity index (χ1v) is 10.8. The molecule has 1 saturated carbocycles. The minimum atomic E-state index is -0.472. The molecule has 5 rings (SSSR count). The van der Waals surface area contributed by atoms with Crippen LogP contribution in [0.4, 0.5) is 26.4 Å². The van der Waals surface area contributed by atoms with Crippen molar-refractivity contribution in [1.29, 1.82) is 0 Å². The highest BCUT2D eigenvalue weighted by molar-refractivity contribution is 6.09. The number of hydrogen-bond donors (Lipinski definition) is 4. The van der Waals surface area contributed by atoms with Gasteiger partial charge >= 0.3 is 6.03 Å². The molecule has 2 aromatic heterocycles. The van der Waals surface area contributed by atoms with E-state index in [-0.39, 0.29) is 18.1 Å². The van der Waals surface area contributed by atoms with Crippen LogP contribution in [0.2, 0.25) is 0 Å². The van der Waals surface area contributed by atoms with Crippen LogP contribution in [0, 0.1) is 5.82 Å². The van der Waals surface area contributed by atoms with Gasteiger partial charge in [-0.3, -0.25) is 9.20 Å². The van der Waals surface area contributed by atoms with Crippen molar-refractivity contribution >= 4 is 34.6 Å². The summed E-state index contributed by atoms with van der Waals surface area (Å²) in [7, 11) is 0. The van der Waals surface area contributed by atoms with E-state index in [0.717, 1.165) is 24.2 Å². The van der Waals surface area contributed by atoms with Crippen LogP contribution in [-0.4, -0.2) is 26.3 Å². The fraction of sp³-hybridized carbons (Fsp3) is 0.167. The van der Waals surface area contributed by atoms with E-state index >= 15 is 0 Å². The lowest BCUT2D eigenvalue weighted by Crippen LogP contribution is -2.28. The fourth-order valence-corrected chi connectivity index (χ4v) is 3.75. The molecule has 2 heterocycles. The summed E-state index contributed by atoms with van der Waals surface area (Å²) < 4.78 is 15.1. The lowest BCUT2D eigenvalue weighted by molar-refractivity contribution is 0.102. The van der Waals surface area contributed by atoms with Crippen LogP contribution in [0.1, 0.15) is 40.6 Å². The summed E-state index contributed by atoms with van der Waals surface area (Å²) in [6.45, 7) is 0.209. The Labute approximate surface area is 194 Å². The Hall–Kier alpha value is -4.47. The third-order valence-electron chi connectivity index (χ3n) is 5.49. The molecule has 2 aromatic carbocycles. The van der Waals surface area contributed by atoms with Crippen molar-refractivity contribution in [3.8, 4) is 0 Å². The predicted molar refractivity (Wildman–Crippen MR) is 126 cm³/mol. The average molecular weight is 459 g/mol. The van der Waals surface area contributed by atoms with Crippen LogP contribution in [0.3, 0.4) is 0 Å². The molecule has 10 heteroatoms. The van der Waals surface area contributed by atoms with Crippen LogP contribution in [-0.2, 0) is 6.54 Å². The second kappa shape index (κ2) is 8.81. The fourth-order valence-electron chi connectivity index (χ4n) is 3.75. The zero-order chi connectivity index (χ0) is 23.7. The average Bonchev–Trinajstić information content (AvgIpc) is 3.58. The van der Waals surface area contributed by atoms with Crippen molar-refractivity contribution in [2.45, 2.75) is 25.3 Å². The summed E-state index contributed by atoms with van der Waals surface area (Å²) in [5, 5.41) is 8.14. The molecule has 34 heavy (non-hydrogen) atoms. The van der Waals surface area contributed by atoms with Gasteiger partial charge in [-0.15, -0.1) is 0 Å². The number of carbonyl (C=O) groups excluding carboxylic acids is 2. The number of imidazole rings is 1. The molecule has 1 aliphatic carbocycles. The first-order valence-electron chi connectivity index (χ1n) is 10.8. The molecule has 1 fully saturated rings. The summed E-state index contributed by atoms with van der Waals surface area (Å²) in [5.41, 5.74) is 8.45. The molecular formula is C24H22FN7O2. The Morgan fingerprint density at radius 1 is 1.09 bits per heavy atom. The van der Waals surface area contributed by atoms with Crippen molar-refractivity contribution in [1.82, 2.24) is 19.7 Å². The van der Waals surface area contributed by atoms with E-state index in [1.807, 2.05) is 10.5 Å². The van der Waals surface area contributed by atoms with Gasteiger partial charge in [0.2, 0.25) is 0 Å². The van der Waals surface area contributed by atoms with Crippen molar-refractivity contribution in [2.24, 2.45) is 0 Å². The number of amides is 3. The number of halogens is 1. The highest BCUT2D eigenvalue weighted by Crippen LogP contribution is 2.40. The molecule has 5 N–H and O–H groups in total. The Morgan fingerprint density at radius 2 is 1.85 bits per heavy atom. The quantitative estimate of drug-likeness (QED) is 0.348. The number of aromatic nitrogens is 3. The maximum absolute atomic E-state index is 13.3. The summed E-state index contributed by atoms with van der Waals surface area (Å²) in [6.07, 6.45) is 5.43. The Kier molecular flexibility index (Phi) is 5.54. The third kappa shape index (κ3) is 4.51. The number of hydrogen-bond acceptors (Lipinski definition) is 5. The maximum atomic E-state index is 13.3. The number of rotatable bonds is 6. The molecule has 0 radical (unpaired) electrons. The van der Waals surface area contributed by atoms with E-state index in [1.54, 1.807) is 36.7 Å². The van der Waals surface area contributed by atoms with Gasteiger partial charge in [0.25, 0.3) is 5.91 Å². The molecule has 0 saturated heterocycles. The van der Waals surface area contributed by atoms with E-state index in [2.05, 4.69) is 25.9 Å². The topological polar surface area (TPSA) is 126 Å². The number of benzene rings is 2. The first-order chi connectivity index (χ1) is 16.5. The zero-order valence-electron chi connectivity index (χ0n) is 18.1. The Bertz CT molecular complexity index is 1400. The largest absolute Gasteiger partial charge is 0.382 e. The number of nitrogens with two attached hydrogens (primary N) is 1. The minimum Gasteiger partial charge on any atom is -0.382 e.